The fraction of sp³-hybridized carbons (Fsp3) is 0.455. The first-order valence-electron chi connectivity index (χ1n) is 4.97. The Hall–Kier alpha value is -0.380. The minimum atomic E-state index is 0.443. The average molecular weight is 255 g/mol. The van der Waals surface area contributed by atoms with Crippen molar-refractivity contribution < 1.29 is 0 Å². The summed E-state index contributed by atoms with van der Waals surface area (Å²) in [6.07, 6.45) is 0. The molecule has 0 aliphatic carbocycles. The lowest BCUT2D eigenvalue weighted by Crippen LogP contribution is -2.42. The highest BCUT2D eigenvalue weighted by molar-refractivity contribution is 9.10. The molecule has 1 aromatic carbocycles. The average Bonchev–Trinajstić information content (AvgIpc) is 2.19. The van der Waals surface area contributed by atoms with Crippen LogP contribution in [0.2, 0.25) is 0 Å². The first kappa shape index (κ1) is 10.1. The van der Waals surface area contributed by atoms with E-state index in [0.717, 1.165) is 19.6 Å². The van der Waals surface area contributed by atoms with E-state index in [0.29, 0.717) is 6.04 Å². The van der Waals surface area contributed by atoms with Crippen LogP contribution in [0.25, 0.3) is 0 Å². The van der Waals surface area contributed by atoms with Crippen LogP contribution in [-0.4, -0.2) is 19.6 Å². The fourth-order valence-electron chi connectivity index (χ4n) is 1.79. The summed E-state index contributed by atoms with van der Waals surface area (Å²) < 4.78 is 1.21. The number of hydrogen-bond acceptors (Lipinski definition) is 2. The number of benzene rings is 1. The van der Waals surface area contributed by atoms with Crippen LogP contribution in [0.1, 0.15) is 17.2 Å². The predicted octanol–water partition coefficient (Wildman–Crippen LogP) is 1.99. The Morgan fingerprint density at radius 3 is 2.86 bits per heavy atom. The number of rotatable bonds is 1. The lowest BCUT2D eigenvalue weighted by atomic mass is 10.0. The molecule has 0 saturated carbocycles. The van der Waals surface area contributed by atoms with E-state index in [4.69, 9.17) is 0 Å². The van der Waals surface area contributed by atoms with Gasteiger partial charge in [-0.1, -0.05) is 28.1 Å². The smallest absolute Gasteiger partial charge is 0.0458 e. The molecule has 1 aliphatic rings. The van der Waals surface area contributed by atoms with Crippen LogP contribution in [0, 0.1) is 6.92 Å². The van der Waals surface area contributed by atoms with Gasteiger partial charge in [0.05, 0.1) is 0 Å². The number of piperazine rings is 1. The Balaban J connectivity index is 2.22. The standard InChI is InChI=1S/C11H15BrN2/c1-8-2-3-9(10(12)6-8)11-7-13-4-5-14-11/h2-3,6,11,13-14H,4-5,7H2,1H3/t11-/m1/s1. The van der Waals surface area contributed by atoms with Gasteiger partial charge in [0.1, 0.15) is 0 Å². The van der Waals surface area contributed by atoms with E-state index < -0.39 is 0 Å². The lowest BCUT2D eigenvalue weighted by molar-refractivity contribution is 0.429. The van der Waals surface area contributed by atoms with Crippen molar-refractivity contribution in [2.45, 2.75) is 13.0 Å². The second-order valence-corrected chi connectivity index (χ2v) is 4.59. The molecular weight excluding hydrogens is 240 g/mol. The monoisotopic (exact) mass is 254 g/mol. The molecule has 0 bridgehead atoms. The van der Waals surface area contributed by atoms with Crippen molar-refractivity contribution in [1.29, 1.82) is 0 Å². The Kier molecular flexibility index (Phi) is 3.21. The Bertz CT molecular complexity index is 319. The third kappa shape index (κ3) is 2.16. The molecule has 3 heteroatoms. The van der Waals surface area contributed by atoms with Gasteiger partial charge in [0.15, 0.2) is 0 Å². The number of hydrogen-bond donors (Lipinski definition) is 2. The third-order valence-electron chi connectivity index (χ3n) is 2.57. The van der Waals surface area contributed by atoms with Gasteiger partial charge in [0.2, 0.25) is 0 Å². The van der Waals surface area contributed by atoms with Gasteiger partial charge in [-0.2, -0.15) is 0 Å². The molecule has 0 unspecified atom stereocenters. The van der Waals surface area contributed by atoms with Gasteiger partial charge in [-0.25, -0.2) is 0 Å². The van der Waals surface area contributed by atoms with Crippen LogP contribution in [0.3, 0.4) is 0 Å². The number of nitrogens with one attached hydrogen (secondary N) is 2. The maximum absolute atomic E-state index is 3.61. The van der Waals surface area contributed by atoms with Gasteiger partial charge in [-0.05, 0) is 24.1 Å². The van der Waals surface area contributed by atoms with Crippen molar-refractivity contribution in [3.63, 3.8) is 0 Å². The first-order chi connectivity index (χ1) is 6.77. The predicted molar refractivity (Wildman–Crippen MR) is 62.5 cm³/mol. The normalized spacial score (nSPS) is 22.3. The van der Waals surface area contributed by atoms with Crippen LogP contribution in [0.5, 0.6) is 0 Å². The van der Waals surface area contributed by atoms with Crippen molar-refractivity contribution in [2.75, 3.05) is 19.6 Å². The van der Waals surface area contributed by atoms with Gasteiger partial charge >= 0.3 is 0 Å². The van der Waals surface area contributed by atoms with Crippen LogP contribution in [0.15, 0.2) is 22.7 Å². The summed E-state index contributed by atoms with van der Waals surface area (Å²) in [5.41, 5.74) is 2.65. The van der Waals surface area contributed by atoms with Crippen molar-refractivity contribution in [3.05, 3.63) is 33.8 Å². The molecule has 14 heavy (non-hydrogen) atoms. The molecule has 2 nitrogen and oxygen atoms in total. The minimum absolute atomic E-state index is 0.443. The fourth-order valence-corrected chi connectivity index (χ4v) is 2.56. The second-order valence-electron chi connectivity index (χ2n) is 3.74. The Morgan fingerprint density at radius 2 is 2.21 bits per heavy atom. The van der Waals surface area contributed by atoms with Gasteiger partial charge in [0.25, 0.3) is 0 Å². The molecule has 1 heterocycles. The van der Waals surface area contributed by atoms with E-state index in [1.165, 1.54) is 15.6 Å². The quantitative estimate of drug-likeness (QED) is 0.802. The van der Waals surface area contributed by atoms with Crippen molar-refractivity contribution in [1.82, 2.24) is 10.6 Å². The number of aryl methyl sites for hydroxylation is 1. The number of halogens is 1. The summed E-state index contributed by atoms with van der Waals surface area (Å²) in [5, 5.41) is 6.89. The summed E-state index contributed by atoms with van der Waals surface area (Å²) in [4.78, 5) is 0. The van der Waals surface area contributed by atoms with Gasteiger partial charge < -0.3 is 10.6 Å². The largest absolute Gasteiger partial charge is 0.314 e. The zero-order valence-corrected chi connectivity index (χ0v) is 9.89. The Morgan fingerprint density at radius 1 is 1.36 bits per heavy atom. The molecule has 0 amide bonds. The van der Waals surface area contributed by atoms with E-state index in [-0.39, 0.29) is 0 Å². The molecule has 1 aliphatic heterocycles. The SMILES string of the molecule is Cc1ccc([C@H]2CNCCN2)c(Br)c1. The van der Waals surface area contributed by atoms with E-state index in [1.807, 2.05) is 0 Å². The summed E-state index contributed by atoms with van der Waals surface area (Å²) in [5.74, 6) is 0. The van der Waals surface area contributed by atoms with Crippen molar-refractivity contribution in [3.8, 4) is 0 Å². The van der Waals surface area contributed by atoms with Crippen LogP contribution in [-0.2, 0) is 0 Å². The molecule has 1 atom stereocenters. The molecule has 0 aromatic heterocycles. The van der Waals surface area contributed by atoms with Gasteiger partial charge in [0, 0.05) is 30.1 Å². The highest BCUT2D eigenvalue weighted by Gasteiger charge is 2.16. The molecule has 76 valence electrons. The Labute approximate surface area is 93.2 Å². The van der Waals surface area contributed by atoms with Gasteiger partial charge in [-0.15, -0.1) is 0 Å². The highest BCUT2D eigenvalue weighted by atomic mass is 79.9. The van der Waals surface area contributed by atoms with E-state index in [2.05, 4.69) is 51.7 Å². The minimum Gasteiger partial charge on any atom is -0.314 e. The summed E-state index contributed by atoms with van der Waals surface area (Å²) in [7, 11) is 0. The maximum atomic E-state index is 3.61. The topological polar surface area (TPSA) is 24.1 Å². The summed E-state index contributed by atoms with van der Waals surface area (Å²) in [6.45, 7) is 5.24. The van der Waals surface area contributed by atoms with Gasteiger partial charge in [-0.3, -0.25) is 0 Å². The maximum Gasteiger partial charge on any atom is 0.0458 e. The lowest BCUT2D eigenvalue weighted by Gasteiger charge is -2.25. The molecule has 2 N–H and O–H groups in total. The molecule has 2 rings (SSSR count). The molecule has 1 aromatic rings. The van der Waals surface area contributed by atoms with Crippen molar-refractivity contribution >= 4 is 15.9 Å². The highest BCUT2D eigenvalue weighted by Crippen LogP contribution is 2.24. The molecule has 1 saturated heterocycles. The van der Waals surface area contributed by atoms with E-state index in [9.17, 15) is 0 Å². The van der Waals surface area contributed by atoms with Crippen LogP contribution >= 0.6 is 15.9 Å². The molecular formula is C11H15BrN2. The zero-order valence-electron chi connectivity index (χ0n) is 8.31. The van der Waals surface area contributed by atoms with E-state index in [1.54, 1.807) is 0 Å². The van der Waals surface area contributed by atoms with Crippen molar-refractivity contribution in [2.24, 2.45) is 0 Å². The first-order valence-corrected chi connectivity index (χ1v) is 5.77. The van der Waals surface area contributed by atoms with Crippen LogP contribution < -0.4 is 10.6 Å². The third-order valence-corrected chi connectivity index (χ3v) is 3.26. The zero-order chi connectivity index (χ0) is 9.97. The van der Waals surface area contributed by atoms with E-state index >= 15 is 0 Å². The molecule has 0 radical (unpaired) electrons. The van der Waals surface area contributed by atoms with Crippen LogP contribution in [0.4, 0.5) is 0 Å². The second kappa shape index (κ2) is 4.43. The summed E-state index contributed by atoms with van der Waals surface area (Å²) in [6, 6.07) is 6.98. The molecule has 1 fully saturated rings. The summed E-state index contributed by atoms with van der Waals surface area (Å²) >= 11 is 3.61. The molecule has 0 spiro atoms.